The van der Waals surface area contributed by atoms with Crippen molar-refractivity contribution in [1.29, 1.82) is 0 Å². The van der Waals surface area contributed by atoms with Crippen LogP contribution in [0, 0.1) is 0 Å². The number of hydrogen-bond acceptors (Lipinski definition) is 4. The fraction of sp³-hybridized carbons (Fsp3) is 0.0952. The van der Waals surface area contributed by atoms with Crippen molar-refractivity contribution in [3.8, 4) is 22.6 Å². The molecule has 0 aromatic heterocycles. The van der Waals surface area contributed by atoms with Crippen LogP contribution in [0.25, 0.3) is 28.0 Å². The van der Waals surface area contributed by atoms with Crippen LogP contribution < -0.4 is 9.47 Å². The van der Waals surface area contributed by atoms with E-state index in [1.54, 1.807) is 20.3 Å². The first-order valence-corrected chi connectivity index (χ1v) is 7.87. The number of aliphatic hydroxyl groups is 1. The molecular weight excluding hydrogens is 316 g/mol. The van der Waals surface area contributed by atoms with Gasteiger partial charge in [-0.25, -0.2) is 0 Å². The molecular formula is C21H16O4. The lowest BCUT2D eigenvalue weighted by molar-refractivity contribution is 0.0981. The summed E-state index contributed by atoms with van der Waals surface area (Å²) in [7, 11) is 3.21. The highest BCUT2D eigenvalue weighted by molar-refractivity contribution is 6.23. The first kappa shape index (κ1) is 15.3. The number of Topliss-reactive ketones (excluding diaryl/α,β-unsaturated/α-hetero) is 1. The van der Waals surface area contributed by atoms with Crippen molar-refractivity contribution in [3.63, 3.8) is 0 Å². The number of ketones is 1. The average molecular weight is 332 g/mol. The van der Waals surface area contributed by atoms with Gasteiger partial charge in [0.15, 0.2) is 5.76 Å². The topological polar surface area (TPSA) is 55.8 Å². The minimum Gasteiger partial charge on any atom is -0.504 e. The molecule has 4 nitrogen and oxygen atoms in total. The van der Waals surface area contributed by atoms with Gasteiger partial charge >= 0.3 is 0 Å². The fourth-order valence-electron chi connectivity index (χ4n) is 3.34. The van der Waals surface area contributed by atoms with Gasteiger partial charge < -0.3 is 14.6 Å². The lowest BCUT2D eigenvalue weighted by atomic mass is 9.86. The van der Waals surface area contributed by atoms with Gasteiger partial charge in [0.25, 0.3) is 0 Å². The van der Waals surface area contributed by atoms with Gasteiger partial charge in [0.2, 0.25) is 5.78 Å². The Kier molecular flexibility index (Phi) is 3.46. The third-order valence-electron chi connectivity index (χ3n) is 4.54. The molecule has 0 atom stereocenters. The fourth-order valence-corrected chi connectivity index (χ4v) is 3.34. The minimum atomic E-state index is -0.350. The van der Waals surface area contributed by atoms with Gasteiger partial charge in [0.1, 0.15) is 11.5 Å². The molecule has 25 heavy (non-hydrogen) atoms. The van der Waals surface area contributed by atoms with Crippen molar-refractivity contribution >= 4 is 22.6 Å². The quantitative estimate of drug-likeness (QED) is 0.760. The van der Waals surface area contributed by atoms with Crippen LogP contribution in [-0.4, -0.2) is 25.1 Å². The number of aliphatic hydroxyl groups excluding tert-OH is 1. The van der Waals surface area contributed by atoms with Gasteiger partial charge in [-0.05, 0) is 34.7 Å². The number of carbonyl (C=O) groups excluding carboxylic acids is 1. The number of hydrogen-bond donors (Lipinski definition) is 1. The van der Waals surface area contributed by atoms with Gasteiger partial charge in [0, 0.05) is 22.6 Å². The lowest BCUT2D eigenvalue weighted by Gasteiger charge is -2.19. The number of carbonyl (C=O) groups is 1. The summed E-state index contributed by atoms with van der Waals surface area (Å²) in [5.74, 6) is 0.762. The summed E-state index contributed by atoms with van der Waals surface area (Å²) in [5, 5.41) is 11.9. The van der Waals surface area contributed by atoms with Crippen LogP contribution >= 0.6 is 0 Å². The molecule has 0 fully saturated rings. The highest BCUT2D eigenvalue weighted by atomic mass is 16.5. The Hall–Kier alpha value is -3.27. The smallest absolute Gasteiger partial charge is 0.227 e. The number of benzene rings is 3. The maximum absolute atomic E-state index is 12.3. The predicted molar refractivity (Wildman–Crippen MR) is 97.4 cm³/mol. The normalized spacial score (nSPS) is 12.9. The standard InChI is InChI=1S/C21H16O4/c1-24-13-7-9-15(19(10-13)25-2)14-8-6-12-4-3-5-16-20(12)17(14)11-18(22)21(16)23/h3-11,22H,1-2H3. The van der Waals surface area contributed by atoms with E-state index in [1.165, 1.54) is 6.08 Å². The van der Waals surface area contributed by atoms with E-state index < -0.39 is 0 Å². The van der Waals surface area contributed by atoms with Crippen LogP contribution in [0.3, 0.4) is 0 Å². The van der Waals surface area contributed by atoms with Crippen molar-refractivity contribution in [2.45, 2.75) is 0 Å². The van der Waals surface area contributed by atoms with E-state index in [0.29, 0.717) is 17.1 Å². The predicted octanol–water partition coefficient (Wildman–Crippen LogP) is 4.62. The summed E-state index contributed by atoms with van der Waals surface area (Å²) in [6.07, 6.45) is 1.54. The summed E-state index contributed by atoms with van der Waals surface area (Å²) in [5.41, 5.74) is 3.09. The molecule has 0 amide bonds. The Morgan fingerprint density at radius 3 is 2.44 bits per heavy atom. The lowest BCUT2D eigenvalue weighted by Crippen LogP contribution is -2.09. The van der Waals surface area contributed by atoms with Gasteiger partial charge in [-0.2, -0.15) is 0 Å². The number of ether oxygens (including phenoxy) is 2. The van der Waals surface area contributed by atoms with E-state index in [1.807, 2.05) is 42.5 Å². The molecule has 0 saturated heterocycles. The minimum absolute atomic E-state index is 0.250. The summed E-state index contributed by atoms with van der Waals surface area (Å²) >= 11 is 0. The second kappa shape index (κ2) is 5.67. The van der Waals surface area contributed by atoms with E-state index in [9.17, 15) is 9.90 Å². The second-order valence-electron chi connectivity index (χ2n) is 5.86. The van der Waals surface area contributed by atoms with Gasteiger partial charge in [-0.15, -0.1) is 0 Å². The van der Waals surface area contributed by atoms with Crippen molar-refractivity contribution in [2.75, 3.05) is 14.2 Å². The van der Waals surface area contributed by atoms with E-state index in [0.717, 1.165) is 27.5 Å². The molecule has 4 rings (SSSR count). The van der Waals surface area contributed by atoms with Crippen LogP contribution in [0.2, 0.25) is 0 Å². The largest absolute Gasteiger partial charge is 0.504 e. The van der Waals surface area contributed by atoms with Crippen LogP contribution in [0.5, 0.6) is 11.5 Å². The van der Waals surface area contributed by atoms with E-state index in [4.69, 9.17) is 9.47 Å². The highest BCUT2D eigenvalue weighted by Crippen LogP contribution is 2.41. The first-order chi connectivity index (χ1) is 12.1. The molecule has 0 radical (unpaired) electrons. The van der Waals surface area contributed by atoms with Crippen LogP contribution in [0.1, 0.15) is 15.9 Å². The van der Waals surface area contributed by atoms with Crippen molar-refractivity contribution in [1.82, 2.24) is 0 Å². The van der Waals surface area contributed by atoms with Gasteiger partial charge in [-0.3, -0.25) is 4.79 Å². The Morgan fingerprint density at radius 1 is 0.880 bits per heavy atom. The van der Waals surface area contributed by atoms with Gasteiger partial charge in [0.05, 0.1) is 14.2 Å². The van der Waals surface area contributed by atoms with Crippen molar-refractivity contribution < 1.29 is 19.4 Å². The number of rotatable bonds is 3. The van der Waals surface area contributed by atoms with Gasteiger partial charge in [-0.1, -0.05) is 30.3 Å². The highest BCUT2D eigenvalue weighted by Gasteiger charge is 2.24. The molecule has 0 unspecified atom stereocenters. The Morgan fingerprint density at radius 2 is 1.68 bits per heavy atom. The Bertz CT molecular complexity index is 1050. The number of allylic oxidation sites excluding steroid dienone is 1. The summed E-state index contributed by atoms with van der Waals surface area (Å²) in [6, 6.07) is 15.1. The van der Waals surface area contributed by atoms with Crippen LogP contribution in [-0.2, 0) is 0 Å². The van der Waals surface area contributed by atoms with E-state index in [-0.39, 0.29) is 11.5 Å². The van der Waals surface area contributed by atoms with Crippen LogP contribution in [0.4, 0.5) is 0 Å². The van der Waals surface area contributed by atoms with E-state index >= 15 is 0 Å². The molecule has 1 N–H and O–H groups in total. The molecule has 3 aromatic carbocycles. The summed E-state index contributed by atoms with van der Waals surface area (Å²) < 4.78 is 10.8. The molecule has 0 spiro atoms. The first-order valence-electron chi connectivity index (χ1n) is 7.87. The SMILES string of the molecule is COc1ccc(-c2ccc3cccc4c3c2C=C(O)C4=O)c(OC)c1. The zero-order valence-electron chi connectivity index (χ0n) is 13.9. The monoisotopic (exact) mass is 332 g/mol. The number of methoxy groups -OCH3 is 2. The molecule has 3 aromatic rings. The Labute approximate surface area is 144 Å². The third-order valence-corrected chi connectivity index (χ3v) is 4.54. The zero-order chi connectivity index (χ0) is 17.6. The molecule has 124 valence electrons. The maximum atomic E-state index is 12.3. The average Bonchev–Trinajstić information content (AvgIpc) is 2.65. The molecule has 1 aliphatic rings. The van der Waals surface area contributed by atoms with Crippen LogP contribution in [0.15, 0.2) is 54.3 Å². The molecule has 0 bridgehead atoms. The molecule has 0 heterocycles. The second-order valence-corrected chi connectivity index (χ2v) is 5.86. The summed E-state index contributed by atoms with van der Waals surface area (Å²) in [6.45, 7) is 0. The molecule has 4 heteroatoms. The molecule has 0 aliphatic heterocycles. The van der Waals surface area contributed by atoms with Crippen molar-refractivity contribution in [3.05, 3.63) is 65.4 Å². The zero-order valence-corrected chi connectivity index (χ0v) is 13.9. The maximum Gasteiger partial charge on any atom is 0.227 e. The third kappa shape index (κ3) is 2.26. The van der Waals surface area contributed by atoms with E-state index in [2.05, 4.69) is 0 Å². The molecule has 1 aliphatic carbocycles. The Balaban J connectivity index is 2.06. The molecule has 0 saturated carbocycles. The summed E-state index contributed by atoms with van der Waals surface area (Å²) in [4.78, 5) is 12.3. The van der Waals surface area contributed by atoms with Crippen molar-refractivity contribution in [2.24, 2.45) is 0 Å².